The van der Waals surface area contributed by atoms with E-state index < -0.39 is 0 Å². The molecule has 2 heterocycles. The highest BCUT2D eigenvalue weighted by molar-refractivity contribution is 5.97. The molecule has 148 valence electrons. The molecule has 1 aromatic heterocycles. The SMILES string of the molecule is COc1ccc(C(=O)N2CCc3nc(-c4ccccc4)[nH]c(=O)c3C2)c(OC)c1. The van der Waals surface area contributed by atoms with Gasteiger partial charge in [0.2, 0.25) is 0 Å². The zero-order chi connectivity index (χ0) is 20.4. The Morgan fingerprint density at radius 2 is 1.90 bits per heavy atom. The summed E-state index contributed by atoms with van der Waals surface area (Å²) in [7, 11) is 3.07. The number of carbonyl (C=O) groups excluding carboxylic acids is 1. The van der Waals surface area contributed by atoms with Crippen LogP contribution >= 0.6 is 0 Å². The van der Waals surface area contributed by atoms with Crippen LogP contribution < -0.4 is 15.0 Å². The van der Waals surface area contributed by atoms with Crippen molar-refractivity contribution in [3.05, 3.63) is 75.7 Å². The van der Waals surface area contributed by atoms with Crippen LogP contribution in [-0.2, 0) is 13.0 Å². The Labute approximate surface area is 167 Å². The molecule has 1 aliphatic rings. The first kappa shape index (κ1) is 18.7. The lowest BCUT2D eigenvalue weighted by atomic mass is 10.0. The summed E-state index contributed by atoms with van der Waals surface area (Å²) in [6.45, 7) is 0.687. The van der Waals surface area contributed by atoms with Crippen LogP contribution in [0.3, 0.4) is 0 Å². The van der Waals surface area contributed by atoms with E-state index in [1.165, 1.54) is 7.11 Å². The zero-order valence-electron chi connectivity index (χ0n) is 16.3. The van der Waals surface area contributed by atoms with Gasteiger partial charge in [0.1, 0.15) is 17.3 Å². The second-order valence-electron chi connectivity index (χ2n) is 6.75. The van der Waals surface area contributed by atoms with Gasteiger partial charge in [-0.3, -0.25) is 9.59 Å². The average molecular weight is 391 g/mol. The summed E-state index contributed by atoms with van der Waals surface area (Å²) in [6, 6.07) is 14.6. The van der Waals surface area contributed by atoms with Gasteiger partial charge >= 0.3 is 0 Å². The van der Waals surface area contributed by atoms with E-state index in [0.29, 0.717) is 41.4 Å². The number of ether oxygens (including phenoxy) is 2. The quantitative estimate of drug-likeness (QED) is 0.739. The van der Waals surface area contributed by atoms with Gasteiger partial charge in [0.25, 0.3) is 11.5 Å². The summed E-state index contributed by atoms with van der Waals surface area (Å²) < 4.78 is 10.5. The van der Waals surface area contributed by atoms with Crippen LogP contribution in [0.15, 0.2) is 53.3 Å². The van der Waals surface area contributed by atoms with Gasteiger partial charge in [0.15, 0.2) is 0 Å². The van der Waals surface area contributed by atoms with Gasteiger partial charge < -0.3 is 19.4 Å². The number of fused-ring (bicyclic) bond motifs is 1. The highest BCUT2D eigenvalue weighted by Gasteiger charge is 2.27. The predicted molar refractivity (Wildman–Crippen MR) is 108 cm³/mol. The van der Waals surface area contributed by atoms with Crippen LogP contribution in [0, 0.1) is 0 Å². The normalized spacial score (nSPS) is 13.0. The van der Waals surface area contributed by atoms with Crippen molar-refractivity contribution in [2.45, 2.75) is 13.0 Å². The number of rotatable bonds is 4. The van der Waals surface area contributed by atoms with Crippen LogP contribution in [0.25, 0.3) is 11.4 Å². The van der Waals surface area contributed by atoms with Crippen molar-refractivity contribution >= 4 is 5.91 Å². The van der Waals surface area contributed by atoms with Crippen molar-refractivity contribution in [1.82, 2.24) is 14.9 Å². The fraction of sp³-hybridized carbons (Fsp3) is 0.227. The molecule has 0 saturated carbocycles. The third kappa shape index (κ3) is 3.59. The molecule has 0 radical (unpaired) electrons. The van der Waals surface area contributed by atoms with E-state index in [0.717, 1.165) is 11.3 Å². The molecular weight excluding hydrogens is 370 g/mol. The summed E-state index contributed by atoms with van der Waals surface area (Å²) in [4.78, 5) is 34.9. The fourth-order valence-corrected chi connectivity index (χ4v) is 3.48. The minimum atomic E-state index is -0.215. The van der Waals surface area contributed by atoms with Gasteiger partial charge in [-0.15, -0.1) is 0 Å². The van der Waals surface area contributed by atoms with Crippen molar-refractivity contribution < 1.29 is 14.3 Å². The monoisotopic (exact) mass is 391 g/mol. The maximum Gasteiger partial charge on any atom is 0.257 e. The van der Waals surface area contributed by atoms with Crippen LogP contribution in [0.4, 0.5) is 0 Å². The molecule has 0 aliphatic carbocycles. The first-order valence-electron chi connectivity index (χ1n) is 9.29. The highest BCUT2D eigenvalue weighted by Crippen LogP contribution is 2.27. The van der Waals surface area contributed by atoms with Crippen molar-refractivity contribution in [3.63, 3.8) is 0 Å². The third-order valence-corrected chi connectivity index (χ3v) is 5.04. The summed E-state index contributed by atoms with van der Waals surface area (Å²) in [6.07, 6.45) is 0.517. The minimum Gasteiger partial charge on any atom is -0.497 e. The Morgan fingerprint density at radius 1 is 1.10 bits per heavy atom. The minimum absolute atomic E-state index is 0.193. The first-order chi connectivity index (χ1) is 14.1. The lowest BCUT2D eigenvalue weighted by Crippen LogP contribution is -2.39. The van der Waals surface area contributed by atoms with Gasteiger partial charge in [-0.05, 0) is 12.1 Å². The maximum atomic E-state index is 13.1. The lowest BCUT2D eigenvalue weighted by molar-refractivity contribution is 0.0729. The number of benzene rings is 2. The number of aromatic amines is 1. The van der Waals surface area contributed by atoms with Crippen LogP contribution in [0.1, 0.15) is 21.6 Å². The standard InChI is InChI=1S/C22H21N3O4/c1-28-15-8-9-16(19(12-15)29-2)22(27)25-11-10-18-17(13-25)21(26)24-20(23-18)14-6-4-3-5-7-14/h3-9,12H,10-11,13H2,1-2H3,(H,23,24,26). The summed E-state index contributed by atoms with van der Waals surface area (Å²) >= 11 is 0. The molecule has 0 atom stereocenters. The second kappa shape index (κ2) is 7.79. The predicted octanol–water partition coefficient (Wildman–Crippen LogP) is 2.65. The van der Waals surface area contributed by atoms with E-state index in [1.807, 2.05) is 30.3 Å². The number of amides is 1. The van der Waals surface area contributed by atoms with Crippen LogP contribution in [0.5, 0.6) is 11.5 Å². The molecule has 29 heavy (non-hydrogen) atoms. The number of hydrogen-bond acceptors (Lipinski definition) is 5. The van der Waals surface area contributed by atoms with Crippen molar-refractivity contribution in [3.8, 4) is 22.9 Å². The van der Waals surface area contributed by atoms with Gasteiger partial charge in [0, 0.05) is 24.6 Å². The van der Waals surface area contributed by atoms with Gasteiger partial charge in [0.05, 0.1) is 37.6 Å². The number of H-pyrrole nitrogens is 1. The van der Waals surface area contributed by atoms with Crippen molar-refractivity contribution in [1.29, 1.82) is 0 Å². The molecule has 3 aromatic rings. The Kier molecular flexibility index (Phi) is 5.03. The molecule has 0 spiro atoms. The van der Waals surface area contributed by atoms with Crippen LogP contribution in [0.2, 0.25) is 0 Å². The van der Waals surface area contributed by atoms with E-state index >= 15 is 0 Å². The number of nitrogens with zero attached hydrogens (tertiary/aromatic N) is 2. The number of nitrogens with one attached hydrogen (secondary N) is 1. The molecule has 1 amide bonds. The molecule has 7 nitrogen and oxygen atoms in total. The van der Waals surface area contributed by atoms with E-state index in [4.69, 9.17) is 9.47 Å². The van der Waals surface area contributed by atoms with Gasteiger partial charge in [-0.25, -0.2) is 4.98 Å². The fourth-order valence-electron chi connectivity index (χ4n) is 3.48. The molecule has 1 aliphatic heterocycles. The van der Waals surface area contributed by atoms with E-state index in [2.05, 4.69) is 9.97 Å². The molecule has 0 unspecified atom stereocenters. The zero-order valence-corrected chi connectivity index (χ0v) is 16.3. The van der Waals surface area contributed by atoms with E-state index in [1.54, 1.807) is 30.2 Å². The van der Waals surface area contributed by atoms with Gasteiger partial charge in [-0.2, -0.15) is 0 Å². The Hall–Kier alpha value is -3.61. The van der Waals surface area contributed by atoms with Crippen molar-refractivity contribution in [2.24, 2.45) is 0 Å². The summed E-state index contributed by atoms with van der Waals surface area (Å²) in [5.74, 6) is 1.40. The average Bonchev–Trinajstić information content (AvgIpc) is 2.78. The third-order valence-electron chi connectivity index (χ3n) is 5.04. The first-order valence-corrected chi connectivity index (χ1v) is 9.29. The lowest BCUT2D eigenvalue weighted by Gasteiger charge is -2.28. The number of methoxy groups -OCH3 is 2. The van der Waals surface area contributed by atoms with Crippen molar-refractivity contribution in [2.75, 3.05) is 20.8 Å². The largest absolute Gasteiger partial charge is 0.497 e. The molecular formula is C22H21N3O4. The van der Waals surface area contributed by atoms with Crippen LogP contribution in [-0.4, -0.2) is 41.5 Å². The van der Waals surface area contributed by atoms with E-state index in [9.17, 15) is 9.59 Å². The molecule has 1 N–H and O–H groups in total. The topological polar surface area (TPSA) is 84.5 Å². The van der Waals surface area contributed by atoms with Gasteiger partial charge in [-0.1, -0.05) is 30.3 Å². The van der Waals surface area contributed by atoms with E-state index in [-0.39, 0.29) is 18.0 Å². The molecule has 0 bridgehead atoms. The maximum absolute atomic E-state index is 13.1. The summed E-state index contributed by atoms with van der Waals surface area (Å²) in [5.41, 5.74) is 2.33. The second-order valence-corrected chi connectivity index (χ2v) is 6.75. The Balaban J connectivity index is 1.62. The molecule has 4 rings (SSSR count). The molecule has 7 heteroatoms. The Bertz CT molecular complexity index is 1110. The Morgan fingerprint density at radius 3 is 2.62 bits per heavy atom. The smallest absolute Gasteiger partial charge is 0.257 e. The molecule has 2 aromatic carbocycles. The molecule has 0 saturated heterocycles. The number of aromatic nitrogens is 2. The number of hydrogen-bond donors (Lipinski definition) is 1. The summed E-state index contributed by atoms with van der Waals surface area (Å²) in [5, 5.41) is 0. The number of carbonyl (C=O) groups is 1. The molecule has 0 fully saturated rings. The highest BCUT2D eigenvalue weighted by atomic mass is 16.5.